The Hall–Kier alpha value is -1.58. The minimum atomic E-state index is -5.87. The summed E-state index contributed by atoms with van der Waals surface area (Å²) in [5.41, 5.74) is 4.12. The van der Waals surface area contributed by atoms with Gasteiger partial charge in [0.15, 0.2) is 0 Å². The van der Waals surface area contributed by atoms with Gasteiger partial charge in [-0.25, -0.2) is 0 Å². The number of benzene rings is 1. The van der Waals surface area contributed by atoms with Gasteiger partial charge < -0.3 is 10.5 Å². The molecule has 10 heteroatoms. The first kappa shape index (κ1) is 16.5. The maximum atomic E-state index is 12.9. The highest BCUT2D eigenvalue weighted by atomic mass is 19.4. The Balaban J connectivity index is 2.94. The second-order valence-electron chi connectivity index (χ2n) is 3.72. The van der Waals surface area contributed by atoms with E-state index in [0.717, 1.165) is 0 Å². The number of hydrogen-bond donors (Lipinski definition) is 1. The van der Waals surface area contributed by atoms with Crippen molar-refractivity contribution in [3.05, 3.63) is 29.8 Å². The van der Waals surface area contributed by atoms with E-state index < -0.39 is 35.8 Å². The topological polar surface area (TPSA) is 35.2 Å². The molecule has 0 aromatic heterocycles. The minimum absolute atomic E-state index is 0.592. The van der Waals surface area contributed by atoms with Crippen molar-refractivity contribution in [2.45, 2.75) is 24.5 Å². The smallest absolute Gasteiger partial charge is 0.406 e. The van der Waals surface area contributed by atoms with E-state index >= 15 is 0 Å². The van der Waals surface area contributed by atoms with E-state index in [1.165, 1.54) is 0 Å². The van der Waals surface area contributed by atoms with Crippen LogP contribution in [0.25, 0.3) is 0 Å². The zero-order chi connectivity index (χ0) is 15.8. The summed E-state index contributed by atoms with van der Waals surface area (Å²) < 4.78 is 101. The predicted octanol–water partition coefficient (Wildman–Crippen LogP) is 3.78. The van der Waals surface area contributed by atoms with Crippen LogP contribution >= 0.6 is 0 Å². The molecule has 114 valence electrons. The Kier molecular flexibility index (Phi) is 4.18. The lowest BCUT2D eigenvalue weighted by Gasteiger charge is -2.26. The zero-order valence-electron chi connectivity index (χ0n) is 9.40. The van der Waals surface area contributed by atoms with Crippen LogP contribution in [0.3, 0.4) is 0 Å². The summed E-state index contributed by atoms with van der Waals surface area (Å²) in [7, 11) is 0. The van der Waals surface area contributed by atoms with Crippen LogP contribution in [0.15, 0.2) is 24.3 Å². The molecule has 1 aromatic carbocycles. The van der Waals surface area contributed by atoms with Crippen molar-refractivity contribution in [3.63, 3.8) is 0 Å². The summed E-state index contributed by atoms with van der Waals surface area (Å²) >= 11 is 0. The molecule has 1 aromatic rings. The van der Waals surface area contributed by atoms with Gasteiger partial charge in [0, 0.05) is 0 Å². The highest BCUT2D eigenvalue weighted by Crippen LogP contribution is 2.43. The number of ether oxygens (including phenoxy) is 1. The van der Waals surface area contributed by atoms with E-state index in [2.05, 4.69) is 4.74 Å². The van der Waals surface area contributed by atoms with Crippen LogP contribution in [0, 0.1) is 0 Å². The van der Waals surface area contributed by atoms with Gasteiger partial charge >= 0.3 is 18.5 Å². The van der Waals surface area contributed by atoms with Gasteiger partial charge in [0.05, 0.1) is 0 Å². The fourth-order valence-corrected chi connectivity index (χ4v) is 1.26. The number of alkyl halides is 8. The predicted molar refractivity (Wildman–Crippen MR) is 51.1 cm³/mol. The average molecular weight is 309 g/mol. The fourth-order valence-electron chi connectivity index (χ4n) is 1.26. The Bertz CT molecular complexity index is 450. The van der Waals surface area contributed by atoms with E-state index in [1.54, 1.807) is 0 Å². The lowest BCUT2D eigenvalue weighted by molar-refractivity contribution is -0.291. The number of halogens is 8. The van der Waals surface area contributed by atoms with Crippen LogP contribution in [0.4, 0.5) is 35.1 Å². The number of hydrogen-bond acceptors (Lipinski definition) is 2. The summed E-state index contributed by atoms with van der Waals surface area (Å²) in [6.45, 7) is 0. The van der Waals surface area contributed by atoms with Crippen LogP contribution < -0.4 is 10.5 Å². The quantitative estimate of drug-likeness (QED) is 0.862. The molecule has 2 N–H and O–H groups in total. The molecule has 1 rings (SSSR count). The Morgan fingerprint density at radius 2 is 1.30 bits per heavy atom. The summed E-state index contributed by atoms with van der Waals surface area (Å²) in [5, 5.41) is 0. The minimum Gasteiger partial charge on any atom is -0.406 e. The average Bonchev–Trinajstić information content (AvgIpc) is 2.25. The lowest BCUT2D eigenvalue weighted by atomic mass is 10.0. The molecule has 0 bridgehead atoms. The lowest BCUT2D eigenvalue weighted by Crippen LogP contribution is -2.45. The fraction of sp³-hybridized carbons (Fsp3) is 0.400. The second-order valence-corrected chi connectivity index (χ2v) is 3.72. The van der Waals surface area contributed by atoms with Crippen molar-refractivity contribution in [2.75, 3.05) is 0 Å². The Morgan fingerprint density at radius 3 is 1.65 bits per heavy atom. The third kappa shape index (κ3) is 3.71. The summed E-state index contributed by atoms with van der Waals surface area (Å²) in [5.74, 6) is -5.97. The van der Waals surface area contributed by atoms with Crippen molar-refractivity contribution >= 4 is 0 Å². The van der Waals surface area contributed by atoms with Crippen molar-refractivity contribution in [1.29, 1.82) is 0 Å². The molecular formula is C10H7F8NO. The van der Waals surface area contributed by atoms with Crippen LogP contribution in [0.1, 0.15) is 11.6 Å². The Labute approximate surface area is 107 Å². The van der Waals surface area contributed by atoms with Crippen LogP contribution in [0.2, 0.25) is 0 Å². The molecule has 0 fully saturated rings. The molecule has 2 nitrogen and oxygen atoms in total. The molecule has 0 saturated carbocycles. The van der Waals surface area contributed by atoms with Crippen molar-refractivity contribution in [3.8, 4) is 5.75 Å². The van der Waals surface area contributed by atoms with E-state index in [1.807, 2.05) is 0 Å². The second kappa shape index (κ2) is 5.08. The Morgan fingerprint density at radius 1 is 0.850 bits per heavy atom. The SMILES string of the molecule is N[C@@H](c1ccc(OC(F)(F)F)cc1)C(F)(F)C(F)(F)F. The van der Waals surface area contributed by atoms with Gasteiger partial charge in [0.1, 0.15) is 11.8 Å². The molecule has 0 aliphatic carbocycles. The third-order valence-corrected chi connectivity index (χ3v) is 2.24. The van der Waals surface area contributed by atoms with E-state index in [4.69, 9.17) is 5.73 Å². The maximum Gasteiger partial charge on any atom is 0.573 e. The molecule has 0 spiro atoms. The molecule has 0 heterocycles. The first-order chi connectivity index (χ1) is 8.84. The molecule has 20 heavy (non-hydrogen) atoms. The number of nitrogens with two attached hydrogens (primary N) is 1. The van der Waals surface area contributed by atoms with Crippen molar-refractivity contribution < 1.29 is 39.9 Å². The molecule has 0 aliphatic heterocycles. The zero-order valence-corrected chi connectivity index (χ0v) is 9.40. The molecule has 0 unspecified atom stereocenters. The standard InChI is InChI=1S/C10H7F8NO/c11-8(12,9(13,14)15)7(19)5-1-3-6(4-2-5)20-10(16,17)18/h1-4,7H,19H2/t7-/m0/s1. The van der Waals surface area contributed by atoms with Gasteiger partial charge in [0.2, 0.25) is 0 Å². The van der Waals surface area contributed by atoms with Gasteiger partial charge in [0.25, 0.3) is 0 Å². The number of rotatable bonds is 3. The molecule has 0 radical (unpaired) electrons. The largest absolute Gasteiger partial charge is 0.573 e. The molecule has 0 saturated heterocycles. The van der Waals surface area contributed by atoms with Crippen molar-refractivity contribution in [1.82, 2.24) is 0 Å². The third-order valence-electron chi connectivity index (χ3n) is 2.24. The monoisotopic (exact) mass is 309 g/mol. The van der Waals surface area contributed by atoms with Gasteiger partial charge in [-0.15, -0.1) is 13.2 Å². The van der Waals surface area contributed by atoms with Gasteiger partial charge in [-0.3, -0.25) is 0 Å². The highest BCUT2D eigenvalue weighted by molar-refractivity contribution is 5.30. The molecule has 0 aliphatic rings. The van der Waals surface area contributed by atoms with E-state index in [9.17, 15) is 35.1 Å². The van der Waals surface area contributed by atoms with Gasteiger partial charge in [-0.1, -0.05) is 12.1 Å². The first-order valence-corrected chi connectivity index (χ1v) is 4.90. The van der Waals surface area contributed by atoms with Gasteiger partial charge in [-0.05, 0) is 17.7 Å². The van der Waals surface area contributed by atoms with E-state index in [0.29, 0.717) is 24.3 Å². The van der Waals surface area contributed by atoms with Gasteiger partial charge in [-0.2, -0.15) is 22.0 Å². The molecule has 0 amide bonds. The first-order valence-electron chi connectivity index (χ1n) is 4.90. The normalized spacial score (nSPS) is 15.1. The summed E-state index contributed by atoms with van der Waals surface area (Å²) in [4.78, 5) is 0. The maximum absolute atomic E-state index is 12.9. The molecular weight excluding hydrogens is 302 g/mol. The summed E-state index contributed by atoms with van der Waals surface area (Å²) in [6.07, 6.45) is -10.9. The molecule has 1 atom stereocenters. The highest BCUT2D eigenvalue weighted by Gasteiger charge is 2.61. The van der Waals surface area contributed by atoms with E-state index in [-0.39, 0.29) is 0 Å². The summed E-state index contributed by atoms with van der Waals surface area (Å²) in [6, 6.07) is -0.344. The van der Waals surface area contributed by atoms with Crippen LogP contribution in [-0.4, -0.2) is 18.5 Å². The van der Waals surface area contributed by atoms with Crippen molar-refractivity contribution in [2.24, 2.45) is 5.73 Å². The van der Waals surface area contributed by atoms with Crippen LogP contribution in [-0.2, 0) is 0 Å². The van der Waals surface area contributed by atoms with Crippen LogP contribution in [0.5, 0.6) is 5.75 Å².